The lowest BCUT2D eigenvalue weighted by molar-refractivity contribution is 0.190. The lowest BCUT2D eigenvalue weighted by Crippen LogP contribution is -2.23. The summed E-state index contributed by atoms with van der Waals surface area (Å²) in [6.45, 7) is 6.15. The first kappa shape index (κ1) is 31.1. The minimum Gasteiger partial charge on any atom is -0.490 e. The SMILES string of the molecule is C=CCCC1CCC(C2CC=C(c3ccc(-c4ccc(-c5ccc(OCCCC)c(F)c5F)cc4)c(F)c3F)CC2)CC1. The van der Waals surface area contributed by atoms with Gasteiger partial charge in [0.15, 0.2) is 23.2 Å². The number of rotatable bonds is 11. The lowest BCUT2D eigenvalue weighted by Gasteiger charge is -2.35. The van der Waals surface area contributed by atoms with Crippen molar-refractivity contribution in [2.45, 2.75) is 77.6 Å². The summed E-state index contributed by atoms with van der Waals surface area (Å²) >= 11 is 0. The summed E-state index contributed by atoms with van der Waals surface area (Å²) in [5, 5.41) is 0. The Morgan fingerprint density at radius 2 is 1.35 bits per heavy atom. The van der Waals surface area contributed by atoms with Crippen molar-refractivity contribution in [3.63, 3.8) is 0 Å². The highest BCUT2D eigenvalue weighted by Crippen LogP contribution is 2.43. The van der Waals surface area contributed by atoms with Crippen LogP contribution in [0.5, 0.6) is 5.75 Å². The number of halogens is 4. The van der Waals surface area contributed by atoms with Crippen LogP contribution in [-0.4, -0.2) is 6.61 Å². The fraction of sp³-hybridized carbons (Fsp3) is 0.421. The molecule has 228 valence electrons. The normalized spacial score (nSPS) is 20.5. The maximum atomic E-state index is 15.4. The zero-order valence-corrected chi connectivity index (χ0v) is 25.1. The Balaban J connectivity index is 1.25. The van der Waals surface area contributed by atoms with E-state index in [4.69, 9.17) is 4.74 Å². The molecule has 0 amide bonds. The number of benzene rings is 3. The van der Waals surface area contributed by atoms with E-state index in [1.165, 1.54) is 44.2 Å². The molecular weight excluding hydrogens is 548 g/mol. The molecule has 0 aromatic heterocycles. The topological polar surface area (TPSA) is 9.23 Å². The van der Waals surface area contributed by atoms with Gasteiger partial charge in [-0.2, -0.15) is 4.39 Å². The summed E-state index contributed by atoms with van der Waals surface area (Å²) in [4.78, 5) is 0. The van der Waals surface area contributed by atoms with Gasteiger partial charge in [-0.1, -0.05) is 74.7 Å². The van der Waals surface area contributed by atoms with E-state index in [-0.39, 0.29) is 16.9 Å². The highest BCUT2D eigenvalue weighted by molar-refractivity contribution is 5.74. The Kier molecular flexibility index (Phi) is 10.4. The van der Waals surface area contributed by atoms with Crippen molar-refractivity contribution in [1.82, 2.24) is 0 Å². The highest BCUT2D eigenvalue weighted by atomic mass is 19.2. The van der Waals surface area contributed by atoms with Gasteiger partial charge in [-0.05, 0) is 98.0 Å². The van der Waals surface area contributed by atoms with Gasteiger partial charge in [0, 0.05) is 16.7 Å². The average molecular weight is 591 g/mol. The van der Waals surface area contributed by atoms with Crippen molar-refractivity contribution in [3.05, 3.63) is 96.1 Å². The molecule has 0 N–H and O–H groups in total. The molecule has 0 heterocycles. The van der Waals surface area contributed by atoms with E-state index < -0.39 is 23.3 Å². The quantitative estimate of drug-likeness (QED) is 0.123. The number of hydrogen-bond acceptors (Lipinski definition) is 1. The lowest BCUT2D eigenvalue weighted by atomic mass is 9.70. The van der Waals surface area contributed by atoms with Gasteiger partial charge in [0.1, 0.15) is 0 Å². The Morgan fingerprint density at radius 3 is 1.95 bits per heavy atom. The molecule has 0 spiro atoms. The Bertz CT molecular complexity index is 1430. The summed E-state index contributed by atoms with van der Waals surface area (Å²) in [5.74, 6) is -1.70. The van der Waals surface area contributed by atoms with E-state index in [0.717, 1.165) is 55.9 Å². The predicted molar refractivity (Wildman–Crippen MR) is 168 cm³/mol. The van der Waals surface area contributed by atoms with Crippen molar-refractivity contribution in [2.75, 3.05) is 6.61 Å². The van der Waals surface area contributed by atoms with Crippen LogP contribution in [0.15, 0.2) is 67.3 Å². The monoisotopic (exact) mass is 590 g/mol. The molecule has 1 saturated carbocycles. The summed E-state index contributed by atoms with van der Waals surface area (Å²) in [7, 11) is 0. The second-order valence-corrected chi connectivity index (χ2v) is 12.2. The van der Waals surface area contributed by atoms with E-state index in [1.54, 1.807) is 36.4 Å². The molecule has 5 rings (SSSR count). The standard InChI is InChI=1S/C38H42F4O/c1-3-5-7-25-8-10-26(11-9-25)27-12-14-28(15-13-27)31-20-21-32(36(40)35(31)39)29-16-18-30(19-17-29)33-22-23-34(38(42)37(33)41)43-24-6-4-2/h3,14,16-23,25-27H,1,4-13,15,24H2,2H3. The summed E-state index contributed by atoms with van der Waals surface area (Å²) in [6.07, 6.45) is 15.9. The number of unbranched alkanes of at least 4 members (excludes halogenated alkanes) is 1. The van der Waals surface area contributed by atoms with Crippen molar-refractivity contribution >= 4 is 5.57 Å². The van der Waals surface area contributed by atoms with Crippen molar-refractivity contribution in [3.8, 4) is 28.0 Å². The third-order valence-corrected chi connectivity index (χ3v) is 9.53. The minimum absolute atomic E-state index is 0.0807. The van der Waals surface area contributed by atoms with Crippen LogP contribution in [-0.2, 0) is 0 Å². The van der Waals surface area contributed by atoms with Crippen molar-refractivity contribution < 1.29 is 22.3 Å². The molecule has 3 aromatic carbocycles. The van der Waals surface area contributed by atoms with E-state index in [9.17, 15) is 8.78 Å². The first-order chi connectivity index (χ1) is 20.9. The second kappa shape index (κ2) is 14.4. The van der Waals surface area contributed by atoms with E-state index in [0.29, 0.717) is 29.2 Å². The van der Waals surface area contributed by atoms with Crippen molar-refractivity contribution in [1.29, 1.82) is 0 Å². The Morgan fingerprint density at radius 1 is 0.744 bits per heavy atom. The van der Waals surface area contributed by atoms with Crippen LogP contribution in [0.1, 0.15) is 83.1 Å². The molecule has 0 bridgehead atoms. The molecule has 1 atom stereocenters. The van der Waals surface area contributed by atoms with Crippen LogP contribution in [0.3, 0.4) is 0 Å². The molecule has 1 fully saturated rings. The zero-order chi connectivity index (χ0) is 30.3. The average Bonchev–Trinajstić information content (AvgIpc) is 3.04. The zero-order valence-electron chi connectivity index (χ0n) is 25.1. The van der Waals surface area contributed by atoms with Crippen LogP contribution in [0.4, 0.5) is 17.6 Å². The van der Waals surface area contributed by atoms with E-state index in [1.807, 2.05) is 13.0 Å². The third kappa shape index (κ3) is 7.08. The first-order valence-electron chi connectivity index (χ1n) is 15.9. The van der Waals surface area contributed by atoms with Crippen molar-refractivity contribution in [2.24, 2.45) is 17.8 Å². The van der Waals surface area contributed by atoms with Crippen LogP contribution >= 0.6 is 0 Å². The van der Waals surface area contributed by atoms with Gasteiger partial charge in [-0.25, -0.2) is 13.2 Å². The van der Waals surface area contributed by atoms with Gasteiger partial charge >= 0.3 is 0 Å². The second-order valence-electron chi connectivity index (χ2n) is 12.2. The number of ether oxygens (including phenoxy) is 1. The van der Waals surface area contributed by atoms with Crippen LogP contribution < -0.4 is 4.74 Å². The van der Waals surface area contributed by atoms with E-state index >= 15 is 8.78 Å². The fourth-order valence-corrected chi connectivity index (χ4v) is 6.87. The van der Waals surface area contributed by atoms with Crippen LogP contribution in [0, 0.1) is 41.0 Å². The molecule has 0 aliphatic heterocycles. The van der Waals surface area contributed by atoms with Gasteiger partial charge in [-0.15, -0.1) is 6.58 Å². The molecule has 3 aromatic rings. The molecule has 0 radical (unpaired) electrons. The van der Waals surface area contributed by atoms with Gasteiger partial charge < -0.3 is 4.74 Å². The highest BCUT2D eigenvalue weighted by Gasteiger charge is 2.29. The Hall–Kier alpha value is -3.34. The maximum absolute atomic E-state index is 15.4. The molecule has 43 heavy (non-hydrogen) atoms. The molecule has 2 aliphatic carbocycles. The molecule has 1 unspecified atom stereocenters. The maximum Gasteiger partial charge on any atom is 0.201 e. The third-order valence-electron chi connectivity index (χ3n) is 9.53. The molecule has 0 saturated heterocycles. The molecule has 2 aliphatic rings. The Labute approximate surface area is 253 Å². The first-order valence-corrected chi connectivity index (χ1v) is 15.9. The molecule has 1 nitrogen and oxygen atoms in total. The van der Waals surface area contributed by atoms with E-state index in [2.05, 4.69) is 12.7 Å². The molecular formula is C38H42F4O. The summed E-state index contributed by atoms with van der Waals surface area (Å²) < 4.78 is 65.5. The molecule has 5 heteroatoms. The van der Waals surface area contributed by atoms with Crippen LogP contribution in [0.2, 0.25) is 0 Å². The predicted octanol–water partition coefficient (Wildman–Crippen LogP) is 11.7. The summed E-state index contributed by atoms with van der Waals surface area (Å²) in [5.41, 5.74) is 2.34. The van der Waals surface area contributed by atoms with Gasteiger partial charge in [-0.3, -0.25) is 0 Å². The minimum atomic E-state index is -1.03. The van der Waals surface area contributed by atoms with Gasteiger partial charge in [0.2, 0.25) is 5.82 Å². The largest absolute Gasteiger partial charge is 0.490 e. The number of hydrogen-bond donors (Lipinski definition) is 0. The summed E-state index contributed by atoms with van der Waals surface area (Å²) in [6, 6.07) is 12.6. The number of allylic oxidation sites excluding steroid dienone is 3. The fourth-order valence-electron chi connectivity index (χ4n) is 6.87. The van der Waals surface area contributed by atoms with Crippen LogP contribution in [0.25, 0.3) is 27.8 Å². The smallest absolute Gasteiger partial charge is 0.201 e. The van der Waals surface area contributed by atoms with Gasteiger partial charge in [0.25, 0.3) is 0 Å². The van der Waals surface area contributed by atoms with Gasteiger partial charge in [0.05, 0.1) is 6.61 Å².